The summed E-state index contributed by atoms with van der Waals surface area (Å²) in [6.45, 7) is 6.29. The number of aryl methyl sites for hydroxylation is 1. The number of pyridine rings is 1. The van der Waals surface area contributed by atoms with E-state index in [0.717, 1.165) is 11.4 Å². The maximum Gasteiger partial charge on any atom is 0.126 e. The van der Waals surface area contributed by atoms with Crippen molar-refractivity contribution in [3.8, 4) is 0 Å². The Bertz CT molecular complexity index is 280. The molecule has 0 saturated heterocycles. The first kappa shape index (κ1) is 11.0. The number of hydrogen-bond donors (Lipinski definition) is 2. The molecule has 1 heterocycles. The molecule has 1 rings (SSSR count). The van der Waals surface area contributed by atoms with Gasteiger partial charge in [-0.2, -0.15) is 0 Å². The van der Waals surface area contributed by atoms with Crippen molar-refractivity contribution in [3.63, 3.8) is 0 Å². The van der Waals surface area contributed by atoms with Gasteiger partial charge < -0.3 is 10.4 Å². The van der Waals surface area contributed by atoms with Crippen molar-refractivity contribution in [2.45, 2.75) is 32.7 Å². The summed E-state index contributed by atoms with van der Waals surface area (Å²) in [6, 6.07) is 3.97. The molecular formula is C11H18N2O. The maximum atomic E-state index is 8.86. The van der Waals surface area contributed by atoms with Crippen LogP contribution in [0.1, 0.15) is 25.8 Å². The largest absolute Gasteiger partial charge is 0.396 e. The van der Waals surface area contributed by atoms with Crippen LogP contribution >= 0.6 is 0 Å². The Hall–Kier alpha value is -1.09. The fourth-order valence-electron chi connectivity index (χ4n) is 1.23. The quantitative estimate of drug-likeness (QED) is 0.770. The van der Waals surface area contributed by atoms with Gasteiger partial charge >= 0.3 is 0 Å². The van der Waals surface area contributed by atoms with Crippen LogP contribution < -0.4 is 5.32 Å². The monoisotopic (exact) mass is 194 g/mol. The van der Waals surface area contributed by atoms with Gasteiger partial charge in [-0.3, -0.25) is 0 Å². The summed E-state index contributed by atoms with van der Waals surface area (Å²) in [7, 11) is 0. The Kier molecular flexibility index (Phi) is 3.47. The van der Waals surface area contributed by atoms with Crippen molar-refractivity contribution in [1.82, 2.24) is 4.98 Å². The van der Waals surface area contributed by atoms with E-state index in [0.29, 0.717) is 6.42 Å². The molecule has 14 heavy (non-hydrogen) atoms. The molecule has 1 aromatic rings. The standard InChI is InChI=1S/C11H18N2O/c1-9-4-5-10(12-8-9)13-11(2,3)6-7-14/h4-5,8,14H,6-7H2,1-3H3,(H,12,13). The first-order valence-corrected chi connectivity index (χ1v) is 4.85. The molecular weight excluding hydrogens is 176 g/mol. The first-order valence-electron chi connectivity index (χ1n) is 4.85. The van der Waals surface area contributed by atoms with Crippen LogP contribution in [0.4, 0.5) is 5.82 Å². The molecule has 0 aliphatic heterocycles. The molecule has 2 N–H and O–H groups in total. The second kappa shape index (κ2) is 4.42. The molecule has 0 radical (unpaired) electrons. The summed E-state index contributed by atoms with van der Waals surface area (Å²) < 4.78 is 0. The zero-order chi connectivity index (χ0) is 10.6. The number of nitrogens with zero attached hydrogens (tertiary/aromatic N) is 1. The molecule has 78 valence electrons. The SMILES string of the molecule is Cc1ccc(NC(C)(C)CCO)nc1. The highest BCUT2D eigenvalue weighted by atomic mass is 16.3. The average molecular weight is 194 g/mol. The highest BCUT2D eigenvalue weighted by Crippen LogP contribution is 2.15. The van der Waals surface area contributed by atoms with E-state index < -0.39 is 0 Å². The van der Waals surface area contributed by atoms with Crippen LogP contribution in [0.3, 0.4) is 0 Å². The van der Waals surface area contributed by atoms with E-state index in [1.54, 1.807) is 0 Å². The Morgan fingerprint density at radius 1 is 1.43 bits per heavy atom. The van der Waals surface area contributed by atoms with E-state index in [1.165, 1.54) is 0 Å². The lowest BCUT2D eigenvalue weighted by Gasteiger charge is -2.25. The van der Waals surface area contributed by atoms with E-state index in [9.17, 15) is 0 Å². The van der Waals surface area contributed by atoms with Gasteiger partial charge in [-0.05, 0) is 38.8 Å². The van der Waals surface area contributed by atoms with Gasteiger partial charge in [0.1, 0.15) is 5.82 Å². The Morgan fingerprint density at radius 2 is 2.14 bits per heavy atom. The molecule has 0 aliphatic carbocycles. The third-order valence-corrected chi connectivity index (χ3v) is 2.11. The zero-order valence-electron chi connectivity index (χ0n) is 9.04. The van der Waals surface area contributed by atoms with E-state index >= 15 is 0 Å². The number of aliphatic hydroxyl groups is 1. The summed E-state index contributed by atoms with van der Waals surface area (Å²) in [4.78, 5) is 4.25. The second-order valence-electron chi connectivity index (χ2n) is 4.20. The predicted octanol–water partition coefficient (Wildman–Crippen LogP) is 1.96. The van der Waals surface area contributed by atoms with Crippen molar-refractivity contribution in [2.75, 3.05) is 11.9 Å². The van der Waals surface area contributed by atoms with Gasteiger partial charge in [-0.15, -0.1) is 0 Å². The number of rotatable bonds is 4. The van der Waals surface area contributed by atoms with Gasteiger partial charge in [-0.1, -0.05) is 6.07 Å². The van der Waals surface area contributed by atoms with E-state index in [4.69, 9.17) is 5.11 Å². The van der Waals surface area contributed by atoms with Crippen LogP contribution in [0.15, 0.2) is 18.3 Å². The maximum absolute atomic E-state index is 8.86. The molecule has 0 bridgehead atoms. The lowest BCUT2D eigenvalue weighted by Crippen LogP contribution is -2.32. The minimum Gasteiger partial charge on any atom is -0.396 e. The molecule has 0 spiro atoms. The lowest BCUT2D eigenvalue weighted by atomic mass is 10.0. The topological polar surface area (TPSA) is 45.1 Å². The highest BCUT2D eigenvalue weighted by molar-refractivity contribution is 5.37. The van der Waals surface area contributed by atoms with Crippen molar-refractivity contribution >= 4 is 5.82 Å². The fraction of sp³-hybridized carbons (Fsp3) is 0.545. The average Bonchev–Trinajstić information content (AvgIpc) is 2.08. The van der Waals surface area contributed by atoms with Crippen LogP contribution in [0.2, 0.25) is 0 Å². The van der Waals surface area contributed by atoms with Crippen molar-refractivity contribution < 1.29 is 5.11 Å². The Morgan fingerprint density at radius 3 is 2.64 bits per heavy atom. The summed E-state index contributed by atoms with van der Waals surface area (Å²) in [5.74, 6) is 0.856. The van der Waals surface area contributed by atoms with E-state index in [1.807, 2.05) is 39.1 Å². The number of aliphatic hydroxyl groups excluding tert-OH is 1. The molecule has 0 unspecified atom stereocenters. The summed E-state index contributed by atoms with van der Waals surface area (Å²) >= 11 is 0. The highest BCUT2D eigenvalue weighted by Gasteiger charge is 2.16. The Balaban J connectivity index is 2.64. The smallest absolute Gasteiger partial charge is 0.126 e. The third kappa shape index (κ3) is 3.34. The normalized spacial score (nSPS) is 11.4. The van der Waals surface area contributed by atoms with E-state index in [2.05, 4.69) is 10.3 Å². The summed E-state index contributed by atoms with van der Waals surface area (Å²) in [5, 5.41) is 12.1. The van der Waals surface area contributed by atoms with Crippen LogP contribution in [0.5, 0.6) is 0 Å². The molecule has 0 aromatic carbocycles. The molecule has 3 nitrogen and oxygen atoms in total. The number of aromatic nitrogens is 1. The predicted molar refractivity (Wildman–Crippen MR) is 58.4 cm³/mol. The zero-order valence-corrected chi connectivity index (χ0v) is 9.04. The summed E-state index contributed by atoms with van der Waals surface area (Å²) in [5.41, 5.74) is 1.03. The number of nitrogens with one attached hydrogen (secondary N) is 1. The lowest BCUT2D eigenvalue weighted by molar-refractivity contribution is 0.260. The summed E-state index contributed by atoms with van der Waals surface area (Å²) in [6.07, 6.45) is 2.54. The van der Waals surface area contributed by atoms with Crippen molar-refractivity contribution in [3.05, 3.63) is 23.9 Å². The van der Waals surface area contributed by atoms with Gasteiger partial charge in [0.2, 0.25) is 0 Å². The molecule has 0 saturated carbocycles. The van der Waals surface area contributed by atoms with Gasteiger partial charge in [0.25, 0.3) is 0 Å². The molecule has 3 heteroatoms. The van der Waals surface area contributed by atoms with Gasteiger partial charge in [0.15, 0.2) is 0 Å². The minimum absolute atomic E-state index is 0.114. The second-order valence-corrected chi connectivity index (χ2v) is 4.20. The van der Waals surface area contributed by atoms with Crippen LogP contribution in [-0.2, 0) is 0 Å². The number of hydrogen-bond acceptors (Lipinski definition) is 3. The van der Waals surface area contributed by atoms with Gasteiger partial charge in [0.05, 0.1) is 0 Å². The minimum atomic E-state index is -0.114. The van der Waals surface area contributed by atoms with Crippen molar-refractivity contribution in [2.24, 2.45) is 0 Å². The number of anilines is 1. The van der Waals surface area contributed by atoms with Crippen LogP contribution in [-0.4, -0.2) is 22.2 Å². The van der Waals surface area contributed by atoms with Gasteiger partial charge in [-0.25, -0.2) is 4.98 Å². The molecule has 1 aromatic heterocycles. The molecule has 0 aliphatic rings. The first-order chi connectivity index (χ1) is 6.53. The van der Waals surface area contributed by atoms with Crippen LogP contribution in [0, 0.1) is 6.92 Å². The molecule has 0 fully saturated rings. The molecule has 0 amide bonds. The molecule has 0 atom stereocenters. The third-order valence-electron chi connectivity index (χ3n) is 2.11. The Labute approximate surface area is 85.2 Å². The fourth-order valence-corrected chi connectivity index (χ4v) is 1.23. The van der Waals surface area contributed by atoms with E-state index in [-0.39, 0.29) is 12.1 Å². The van der Waals surface area contributed by atoms with Gasteiger partial charge in [0, 0.05) is 18.3 Å². The van der Waals surface area contributed by atoms with Crippen LogP contribution in [0.25, 0.3) is 0 Å². The van der Waals surface area contributed by atoms with Crippen molar-refractivity contribution in [1.29, 1.82) is 0 Å².